The molecule has 128 valence electrons. The molecule has 0 aliphatic carbocycles. The Morgan fingerprint density at radius 1 is 0.917 bits per heavy atom. The Kier molecular flexibility index (Phi) is 5.79. The van der Waals surface area contributed by atoms with Crippen molar-refractivity contribution in [3.63, 3.8) is 0 Å². The molecule has 2 aromatic carbocycles. The number of hydrogen-bond acceptors (Lipinski definition) is 1. The normalized spacial score (nSPS) is 13.4. The van der Waals surface area contributed by atoms with Gasteiger partial charge in [-0.15, -0.1) is 0 Å². The molecule has 0 spiro atoms. The third-order valence-electron chi connectivity index (χ3n) is 4.20. The number of amides is 1. The van der Waals surface area contributed by atoms with E-state index < -0.39 is 23.8 Å². The first kappa shape index (κ1) is 19.0. The van der Waals surface area contributed by atoms with Gasteiger partial charge in [-0.25, -0.2) is 0 Å². The van der Waals surface area contributed by atoms with E-state index in [1.54, 1.807) is 0 Å². The van der Waals surface area contributed by atoms with Crippen LogP contribution in [0.3, 0.4) is 0 Å². The van der Waals surface area contributed by atoms with Crippen molar-refractivity contribution in [2.45, 2.75) is 39.5 Å². The van der Waals surface area contributed by atoms with Crippen LogP contribution in [-0.4, -0.2) is 24.3 Å². The number of para-hydroxylation sites is 1. The van der Waals surface area contributed by atoms with Crippen molar-refractivity contribution < 1.29 is 4.79 Å². The molecule has 2 rings (SSSR count). The van der Waals surface area contributed by atoms with Gasteiger partial charge in [0.1, 0.15) is 0 Å². The Morgan fingerprint density at radius 3 is 2.00 bits per heavy atom. The van der Waals surface area contributed by atoms with E-state index >= 15 is 0 Å². The zero-order valence-corrected chi connectivity index (χ0v) is 18.5. The summed E-state index contributed by atoms with van der Waals surface area (Å²) < 4.78 is 0.414. The van der Waals surface area contributed by atoms with E-state index in [1.807, 2.05) is 32.9 Å². The van der Waals surface area contributed by atoms with Crippen molar-refractivity contribution in [2.75, 3.05) is 5.32 Å². The zero-order chi connectivity index (χ0) is 18.0. The van der Waals surface area contributed by atoms with Crippen LogP contribution in [0.15, 0.2) is 54.6 Å². The SMILES string of the molecule is CC(C)(C)C(=O)Nc1ccccc1[C@@H](c1ccccc1)[Sn]([CH3])([CH3])[CH3]. The van der Waals surface area contributed by atoms with Crippen LogP contribution < -0.4 is 5.32 Å². The second-order valence-corrected chi connectivity index (χ2v) is 23.7. The van der Waals surface area contributed by atoms with E-state index in [0.717, 1.165) is 5.69 Å². The summed E-state index contributed by atoms with van der Waals surface area (Å²) in [6.07, 6.45) is 0. The number of hydrogen-bond donors (Lipinski definition) is 1. The predicted molar refractivity (Wildman–Crippen MR) is 106 cm³/mol. The molecule has 1 N–H and O–H groups in total. The van der Waals surface area contributed by atoms with Crippen molar-refractivity contribution in [3.05, 3.63) is 65.7 Å². The Bertz CT molecular complexity index is 696. The molecular formula is C21H29NOSn. The molecule has 1 atom stereocenters. The molecule has 24 heavy (non-hydrogen) atoms. The maximum atomic E-state index is 12.5. The van der Waals surface area contributed by atoms with E-state index in [0.29, 0.717) is 3.93 Å². The monoisotopic (exact) mass is 431 g/mol. The first-order valence-corrected chi connectivity index (χ1v) is 18.8. The third kappa shape index (κ3) is 4.62. The second-order valence-electron chi connectivity index (χ2n) is 8.50. The molecule has 2 aromatic rings. The fraction of sp³-hybridized carbons (Fsp3) is 0.381. The molecule has 0 fully saturated rings. The zero-order valence-electron chi connectivity index (χ0n) is 15.7. The van der Waals surface area contributed by atoms with E-state index in [2.05, 4.69) is 62.6 Å². The molecule has 0 heterocycles. The molecule has 0 saturated heterocycles. The number of rotatable bonds is 4. The van der Waals surface area contributed by atoms with Crippen molar-refractivity contribution in [1.82, 2.24) is 0 Å². The average molecular weight is 430 g/mol. The topological polar surface area (TPSA) is 29.1 Å². The summed E-state index contributed by atoms with van der Waals surface area (Å²) in [5.41, 5.74) is 3.17. The molecule has 0 unspecified atom stereocenters. The maximum absolute atomic E-state index is 12.5. The van der Waals surface area contributed by atoms with Crippen LogP contribution in [0, 0.1) is 5.41 Å². The molecule has 1 amide bonds. The van der Waals surface area contributed by atoms with Crippen molar-refractivity contribution in [1.29, 1.82) is 0 Å². The number of nitrogens with one attached hydrogen (secondary N) is 1. The molecule has 0 bridgehead atoms. The minimum atomic E-state index is -2.36. The summed E-state index contributed by atoms with van der Waals surface area (Å²) in [4.78, 5) is 19.9. The van der Waals surface area contributed by atoms with Gasteiger partial charge in [-0.2, -0.15) is 0 Å². The van der Waals surface area contributed by atoms with Gasteiger partial charge in [-0.1, -0.05) is 0 Å². The average Bonchev–Trinajstić information content (AvgIpc) is 2.48. The summed E-state index contributed by atoms with van der Waals surface area (Å²) >= 11 is -2.36. The van der Waals surface area contributed by atoms with Crippen molar-refractivity contribution >= 4 is 30.0 Å². The number of carbonyl (C=O) groups is 1. The molecule has 0 radical (unpaired) electrons. The summed E-state index contributed by atoms with van der Waals surface area (Å²) in [7, 11) is 0. The summed E-state index contributed by atoms with van der Waals surface area (Å²) in [5.74, 6) is 0.0610. The van der Waals surface area contributed by atoms with Crippen molar-refractivity contribution in [2.24, 2.45) is 5.41 Å². The van der Waals surface area contributed by atoms with Crippen LogP contribution in [-0.2, 0) is 4.79 Å². The molecule has 0 aliphatic rings. The second kappa shape index (κ2) is 7.30. The Balaban J connectivity index is 2.51. The molecule has 3 heteroatoms. The van der Waals surface area contributed by atoms with Gasteiger partial charge < -0.3 is 0 Å². The Hall–Kier alpha value is -1.29. The van der Waals surface area contributed by atoms with Gasteiger partial charge >= 0.3 is 151 Å². The third-order valence-corrected chi connectivity index (χ3v) is 11.0. The Labute approximate surface area is 150 Å². The van der Waals surface area contributed by atoms with E-state index in [9.17, 15) is 4.79 Å². The van der Waals surface area contributed by atoms with Gasteiger partial charge in [0.05, 0.1) is 0 Å². The van der Waals surface area contributed by atoms with Gasteiger partial charge in [0.25, 0.3) is 0 Å². The van der Waals surface area contributed by atoms with Gasteiger partial charge in [-0.3, -0.25) is 0 Å². The standard InChI is InChI=1S/C18H20NO.3CH3.Sn/c1-18(2,3)17(20)19-16-12-8-7-11-15(16)13-14-9-5-4-6-10-14;;;;/h4-13H,1-3H3,(H,19,20);3*1H3;. The van der Waals surface area contributed by atoms with E-state index in [1.165, 1.54) is 11.1 Å². The predicted octanol–water partition coefficient (Wildman–Crippen LogP) is 5.68. The fourth-order valence-electron chi connectivity index (χ4n) is 2.96. The van der Waals surface area contributed by atoms with E-state index in [4.69, 9.17) is 0 Å². The summed E-state index contributed by atoms with van der Waals surface area (Å²) in [5, 5.41) is 3.17. The number of benzene rings is 2. The number of carbonyl (C=O) groups excluding carboxylic acids is 1. The van der Waals surface area contributed by atoms with Crippen LogP contribution >= 0.6 is 0 Å². The first-order valence-electron chi connectivity index (χ1n) is 8.56. The van der Waals surface area contributed by atoms with Crippen molar-refractivity contribution in [3.8, 4) is 0 Å². The van der Waals surface area contributed by atoms with Gasteiger partial charge in [-0.05, 0) is 0 Å². The van der Waals surface area contributed by atoms with Gasteiger partial charge in [0, 0.05) is 0 Å². The molecule has 0 saturated carbocycles. The summed E-state index contributed by atoms with van der Waals surface area (Å²) in [6.45, 7) is 5.84. The molecule has 2 nitrogen and oxygen atoms in total. The van der Waals surface area contributed by atoms with Gasteiger partial charge in [0.15, 0.2) is 0 Å². The molecular weight excluding hydrogens is 401 g/mol. The molecule has 0 aromatic heterocycles. The first-order chi connectivity index (χ1) is 11.1. The van der Waals surface area contributed by atoms with Crippen LogP contribution in [0.5, 0.6) is 0 Å². The van der Waals surface area contributed by atoms with Crippen LogP contribution in [0.25, 0.3) is 0 Å². The van der Waals surface area contributed by atoms with Crippen LogP contribution in [0.2, 0.25) is 14.8 Å². The number of anilines is 1. The van der Waals surface area contributed by atoms with Gasteiger partial charge in [0.2, 0.25) is 0 Å². The van der Waals surface area contributed by atoms with E-state index in [-0.39, 0.29) is 5.91 Å². The quantitative estimate of drug-likeness (QED) is 0.622. The molecule has 0 aliphatic heterocycles. The van der Waals surface area contributed by atoms with Crippen LogP contribution in [0.1, 0.15) is 35.8 Å². The summed E-state index contributed by atoms with van der Waals surface area (Å²) in [6, 6.07) is 19.0. The fourth-order valence-corrected chi connectivity index (χ4v) is 9.75. The minimum absolute atomic E-state index is 0.0610. The Morgan fingerprint density at radius 2 is 1.46 bits per heavy atom. The van der Waals surface area contributed by atoms with Crippen LogP contribution in [0.4, 0.5) is 5.69 Å².